The Morgan fingerprint density at radius 3 is 2.80 bits per heavy atom. The lowest BCUT2D eigenvalue weighted by Gasteiger charge is -1.95. The Bertz CT molecular complexity index is 388. The molecular weight excluding hydrogens is 220 g/mol. The molecular formula is C8H10N2O4S. The topological polar surface area (TPSA) is 88.5 Å². The van der Waals surface area contributed by atoms with E-state index in [1.807, 2.05) is 0 Å². The van der Waals surface area contributed by atoms with Crippen LogP contribution in [0.2, 0.25) is 0 Å². The first-order chi connectivity index (χ1) is 7.04. The van der Waals surface area contributed by atoms with Gasteiger partial charge < -0.3 is 15.2 Å². The molecule has 2 N–H and O–H groups in total. The number of thiazole rings is 1. The molecule has 0 atom stereocenters. The summed E-state index contributed by atoms with van der Waals surface area (Å²) in [4.78, 5) is 26.1. The van der Waals surface area contributed by atoms with Gasteiger partial charge in [-0.15, -0.1) is 11.3 Å². The molecule has 0 amide bonds. The quantitative estimate of drug-likeness (QED) is 0.741. The number of carboxylic acid groups (broad SMARTS) is 1. The molecule has 0 aliphatic carbocycles. The van der Waals surface area contributed by atoms with Crippen molar-refractivity contribution in [2.75, 3.05) is 19.0 Å². The molecule has 0 fully saturated rings. The summed E-state index contributed by atoms with van der Waals surface area (Å²) in [7, 11) is 1.27. The van der Waals surface area contributed by atoms with E-state index in [4.69, 9.17) is 5.11 Å². The Kier molecular flexibility index (Phi) is 3.62. The van der Waals surface area contributed by atoms with Crippen LogP contribution in [-0.2, 0) is 9.53 Å². The lowest BCUT2D eigenvalue weighted by Crippen LogP contribution is -2.12. The van der Waals surface area contributed by atoms with Crippen LogP contribution in [0.15, 0.2) is 0 Å². The van der Waals surface area contributed by atoms with Crippen molar-refractivity contribution in [1.29, 1.82) is 0 Å². The number of aromatic nitrogens is 1. The Hall–Kier alpha value is -1.63. The van der Waals surface area contributed by atoms with Crippen LogP contribution in [0.5, 0.6) is 0 Å². The van der Waals surface area contributed by atoms with Gasteiger partial charge in [-0.1, -0.05) is 0 Å². The lowest BCUT2D eigenvalue weighted by molar-refractivity contribution is -0.134. The van der Waals surface area contributed by atoms with Gasteiger partial charge in [0, 0.05) is 4.88 Å². The van der Waals surface area contributed by atoms with Gasteiger partial charge in [-0.2, -0.15) is 0 Å². The van der Waals surface area contributed by atoms with E-state index in [0.29, 0.717) is 10.0 Å². The molecule has 6 nitrogen and oxygen atoms in total. The van der Waals surface area contributed by atoms with Crippen molar-refractivity contribution in [3.8, 4) is 0 Å². The van der Waals surface area contributed by atoms with E-state index in [2.05, 4.69) is 15.0 Å². The summed E-state index contributed by atoms with van der Waals surface area (Å²) in [6, 6.07) is 0. The number of anilines is 1. The average Bonchev–Trinajstić information content (AvgIpc) is 2.55. The van der Waals surface area contributed by atoms with Crippen molar-refractivity contribution < 1.29 is 19.4 Å². The van der Waals surface area contributed by atoms with Gasteiger partial charge >= 0.3 is 11.9 Å². The number of ether oxygens (including phenoxy) is 1. The maximum absolute atomic E-state index is 11.2. The van der Waals surface area contributed by atoms with Gasteiger partial charge in [0.15, 0.2) is 10.8 Å². The number of aliphatic carboxylic acids is 1. The van der Waals surface area contributed by atoms with Crippen LogP contribution >= 0.6 is 11.3 Å². The predicted molar refractivity (Wildman–Crippen MR) is 54.3 cm³/mol. The second-order valence-electron chi connectivity index (χ2n) is 2.66. The molecule has 15 heavy (non-hydrogen) atoms. The average molecular weight is 230 g/mol. The van der Waals surface area contributed by atoms with Crippen LogP contribution in [0.3, 0.4) is 0 Å². The minimum atomic E-state index is -0.984. The van der Waals surface area contributed by atoms with Crippen molar-refractivity contribution >= 4 is 28.4 Å². The summed E-state index contributed by atoms with van der Waals surface area (Å²) in [5.41, 5.74) is 0.218. The molecule has 1 rings (SSSR count). The van der Waals surface area contributed by atoms with Crippen molar-refractivity contribution in [2.24, 2.45) is 0 Å². The maximum atomic E-state index is 11.2. The highest BCUT2D eigenvalue weighted by molar-refractivity contribution is 7.15. The fourth-order valence-electron chi connectivity index (χ4n) is 0.909. The van der Waals surface area contributed by atoms with Crippen LogP contribution in [0, 0.1) is 6.92 Å². The third-order valence-corrected chi connectivity index (χ3v) is 2.49. The molecule has 1 aromatic heterocycles. The summed E-state index contributed by atoms with van der Waals surface area (Å²) >= 11 is 1.21. The molecule has 0 spiro atoms. The van der Waals surface area contributed by atoms with E-state index in [1.54, 1.807) is 6.92 Å². The Morgan fingerprint density at radius 1 is 1.60 bits per heavy atom. The number of carbonyl (C=O) groups is 2. The Balaban J connectivity index is 2.76. The number of methoxy groups -OCH3 is 1. The number of nitrogens with one attached hydrogen (secondary N) is 1. The highest BCUT2D eigenvalue weighted by Gasteiger charge is 2.15. The Labute approximate surface area is 89.9 Å². The third kappa shape index (κ3) is 2.91. The van der Waals surface area contributed by atoms with Crippen LogP contribution in [0.25, 0.3) is 0 Å². The summed E-state index contributed by atoms with van der Waals surface area (Å²) in [5.74, 6) is -1.51. The fraction of sp³-hybridized carbons (Fsp3) is 0.375. The zero-order chi connectivity index (χ0) is 11.4. The molecule has 1 aromatic rings. The van der Waals surface area contributed by atoms with Gasteiger partial charge in [0.05, 0.1) is 7.11 Å². The van der Waals surface area contributed by atoms with Crippen molar-refractivity contribution in [3.05, 3.63) is 10.6 Å². The number of hydrogen-bond acceptors (Lipinski definition) is 6. The summed E-state index contributed by atoms with van der Waals surface area (Å²) in [6.07, 6.45) is 0. The molecule has 0 saturated carbocycles. The van der Waals surface area contributed by atoms with Crippen molar-refractivity contribution in [2.45, 2.75) is 6.92 Å². The number of carbonyl (C=O) groups excluding carboxylic acids is 1. The molecule has 0 aromatic carbocycles. The molecule has 0 radical (unpaired) electrons. The summed E-state index contributed by atoms with van der Waals surface area (Å²) in [5, 5.41) is 11.4. The minimum Gasteiger partial charge on any atom is -0.480 e. The molecule has 7 heteroatoms. The standard InChI is InChI=1S/C8H10N2O4S/c1-4-6(7(13)14-2)10-8(15-4)9-3-5(11)12/h3H2,1-2H3,(H,9,10)(H,11,12). The first kappa shape index (κ1) is 11.4. The van der Waals surface area contributed by atoms with Gasteiger partial charge in [0.25, 0.3) is 0 Å². The normalized spacial score (nSPS) is 9.73. The van der Waals surface area contributed by atoms with E-state index in [0.717, 1.165) is 0 Å². The van der Waals surface area contributed by atoms with E-state index in [1.165, 1.54) is 18.4 Å². The number of esters is 1. The smallest absolute Gasteiger partial charge is 0.357 e. The first-order valence-electron chi connectivity index (χ1n) is 4.06. The van der Waals surface area contributed by atoms with Crippen LogP contribution in [0.4, 0.5) is 5.13 Å². The maximum Gasteiger partial charge on any atom is 0.357 e. The minimum absolute atomic E-state index is 0.218. The molecule has 0 aliphatic rings. The van der Waals surface area contributed by atoms with Crippen LogP contribution < -0.4 is 5.32 Å². The molecule has 0 aliphatic heterocycles. The first-order valence-corrected chi connectivity index (χ1v) is 4.87. The van der Waals surface area contributed by atoms with Gasteiger partial charge in [0.2, 0.25) is 0 Å². The second kappa shape index (κ2) is 4.74. The Morgan fingerprint density at radius 2 is 2.27 bits per heavy atom. The fourth-order valence-corrected chi connectivity index (χ4v) is 1.71. The molecule has 82 valence electrons. The van der Waals surface area contributed by atoms with E-state index >= 15 is 0 Å². The zero-order valence-corrected chi connectivity index (χ0v) is 9.05. The zero-order valence-electron chi connectivity index (χ0n) is 8.23. The second-order valence-corrected chi connectivity index (χ2v) is 3.87. The number of aryl methyl sites for hydroxylation is 1. The molecule has 0 saturated heterocycles. The van der Waals surface area contributed by atoms with E-state index in [9.17, 15) is 9.59 Å². The summed E-state index contributed by atoms with van der Waals surface area (Å²) in [6.45, 7) is 1.49. The van der Waals surface area contributed by atoms with Crippen molar-refractivity contribution in [3.63, 3.8) is 0 Å². The number of nitrogens with zero attached hydrogens (tertiary/aromatic N) is 1. The number of carboxylic acids is 1. The lowest BCUT2D eigenvalue weighted by atomic mass is 10.4. The summed E-state index contributed by atoms with van der Waals surface area (Å²) < 4.78 is 4.52. The van der Waals surface area contributed by atoms with E-state index in [-0.39, 0.29) is 12.2 Å². The number of rotatable bonds is 4. The van der Waals surface area contributed by atoms with Crippen molar-refractivity contribution in [1.82, 2.24) is 4.98 Å². The highest BCUT2D eigenvalue weighted by atomic mass is 32.1. The SMILES string of the molecule is COC(=O)c1nc(NCC(=O)O)sc1C. The number of hydrogen-bond donors (Lipinski definition) is 2. The largest absolute Gasteiger partial charge is 0.480 e. The van der Waals surface area contributed by atoms with Crippen LogP contribution in [0.1, 0.15) is 15.4 Å². The third-order valence-electron chi connectivity index (χ3n) is 1.57. The monoisotopic (exact) mass is 230 g/mol. The van der Waals surface area contributed by atoms with Gasteiger partial charge in [-0.25, -0.2) is 9.78 Å². The highest BCUT2D eigenvalue weighted by Crippen LogP contribution is 2.22. The predicted octanol–water partition coefficient (Wildman–Crippen LogP) is 0.735. The van der Waals surface area contributed by atoms with Gasteiger partial charge in [0.1, 0.15) is 6.54 Å². The van der Waals surface area contributed by atoms with Gasteiger partial charge in [-0.3, -0.25) is 4.79 Å². The molecule has 0 unspecified atom stereocenters. The molecule has 0 bridgehead atoms. The van der Waals surface area contributed by atoms with Crippen LogP contribution in [-0.4, -0.2) is 35.7 Å². The molecule has 1 heterocycles. The van der Waals surface area contributed by atoms with E-state index < -0.39 is 11.9 Å². The van der Waals surface area contributed by atoms with Gasteiger partial charge in [-0.05, 0) is 6.92 Å².